The molecule has 1 saturated heterocycles. The number of Topliss-reactive ketones (excluding diaryl/α,β-unsaturated/α-hetero) is 1. The molecule has 1 fully saturated rings. The van der Waals surface area contributed by atoms with Gasteiger partial charge in [0.1, 0.15) is 11.5 Å². The smallest absolute Gasteiger partial charge is 0.295 e. The molecule has 2 N–H and O–H groups in total. The molecule has 0 spiro atoms. The van der Waals surface area contributed by atoms with Crippen molar-refractivity contribution in [2.75, 3.05) is 13.3 Å². The van der Waals surface area contributed by atoms with Gasteiger partial charge >= 0.3 is 0 Å². The summed E-state index contributed by atoms with van der Waals surface area (Å²) in [5.74, 6) is -0.878. The molecule has 0 radical (unpaired) electrons. The number of phenolic OH excluding ortho intramolecular Hbond substituents is 1. The van der Waals surface area contributed by atoms with E-state index in [-0.39, 0.29) is 28.9 Å². The largest absolute Gasteiger partial charge is 0.507 e. The Morgan fingerprint density at radius 2 is 1.93 bits per heavy atom. The van der Waals surface area contributed by atoms with Gasteiger partial charge in [0.2, 0.25) is 6.79 Å². The number of halogens is 1. The van der Waals surface area contributed by atoms with E-state index in [9.17, 15) is 19.8 Å². The van der Waals surface area contributed by atoms with Crippen molar-refractivity contribution in [3.63, 3.8) is 0 Å². The van der Waals surface area contributed by atoms with Crippen LogP contribution in [0.2, 0.25) is 5.02 Å². The van der Waals surface area contributed by atoms with Gasteiger partial charge in [0.15, 0.2) is 11.5 Å². The van der Waals surface area contributed by atoms with Crippen LogP contribution >= 0.6 is 11.6 Å². The first kappa shape index (κ1) is 20.1. The first-order valence-corrected chi connectivity index (χ1v) is 9.97. The molecule has 0 aromatic heterocycles. The number of hydrogen-bond donors (Lipinski definition) is 2. The van der Waals surface area contributed by atoms with Crippen molar-refractivity contribution < 1.29 is 29.3 Å². The van der Waals surface area contributed by atoms with Gasteiger partial charge in [-0.15, -0.1) is 0 Å². The van der Waals surface area contributed by atoms with Crippen LogP contribution in [0.25, 0.3) is 5.76 Å². The molecular formula is C22H20ClNO6. The zero-order valence-electron chi connectivity index (χ0n) is 16.2. The van der Waals surface area contributed by atoms with E-state index in [2.05, 4.69) is 0 Å². The number of fused-ring (bicyclic) bond motifs is 1. The van der Waals surface area contributed by atoms with E-state index < -0.39 is 17.7 Å². The van der Waals surface area contributed by atoms with E-state index in [1.807, 2.05) is 6.92 Å². The number of aromatic hydroxyl groups is 1. The van der Waals surface area contributed by atoms with Crippen molar-refractivity contribution in [3.8, 4) is 17.2 Å². The number of hydrogen-bond acceptors (Lipinski definition) is 6. The molecule has 30 heavy (non-hydrogen) atoms. The lowest BCUT2D eigenvalue weighted by Crippen LogP contribution is -2.30. The first-order valence-electron chi connectivity index (χ1n) is 9.59. The van der Waals surface area contributed by atoms with Crippen LogP contribution < -0.4 is 9.47 Å². The molecule has 0 aliphatic carbocycles. The second kappa shape index (κ2) is 7.91. The molecule has 8 heteroatoms. The number of unbranched alkanes of at least 4 members (excludes halogenated alkanes) is 1. The van der Waals surface area contributed by atoms with Crippen LogP contribution in [0.3, 0.4) is 0 Å². The number of aliphatic hydroxyl groups excluding tert-OH is 1. The average molecular weight is 430 g/mol. The van der Waals surface area contributed by atoms with Crippen molar-refractivity contribution in [3.05, 3.63) is 58.1 Å². The van der Waals surface area contributed by atoms with E-state index in [4.69, 9.17) is 21.1 Å². The number of likely N-dealkylation sites (tertiary alicyclic amines) is 1. The van der Waals surface area contributed by atoms with Gasteiger partial charge in [0, 0.05) is 12.1 Å². The zero-order chi connectivity index (χ0) is 21.4. The molecule has 156 valence electrons. The van der Waals surface area contributed by atoms with Crippen molar-refractivity contribution in [2.24, 2.45) is 0 Å². The summed E-state index contributed by atoms with van der Waals surface area (Å²) in [7, 11) is 0. The molecular weight excluding hydrogens is 410 g/mol. The molecule has 4 rings (SSSR count). The van der Waals surface area contributed by atoms with Crippen LogP contribution in [0.1, 0.15) is 36.9 Å². The molecule has 2 heterocycles. The third-order valence-corrected chi connectivity index (χ3v) is 5.53. The minimum Gasteiger partial charge on any atom is -0.507 e. The Labute approximate surface area is 178 Å². The van der Waals surface area contributed by atoms with Crippen LogP contribution in [0.15, 0.2) is 42.0 Å². The predicted octanol–water partition coefficient (Wildman–Crippen LogP) is 4.00. The minimum atomic E-state index is -0.819. The highest BCUT2D eigenvalue weighted by atomic mass is 35.5. The third-order valence-electron chi connectivity index (χ3n) is 5.23. The summed E-state index contributed by atoms with van der Waals surface area (Å²) in [6.45, 7) is 2.41. The highest BCUT2D eigenvalue weighted by Crippen LogP contribution is 2.42. The second-order valence-corrected chi connectivity index (χ2v) is 7.53. The maximum Gasteiger partial charge on any atom is 0.295 e. The topological polar surface area (TPSA) is 96.3 Å². The zero-order valence-corrected chi connectivity index (χ0v) is 17.0. The maximum atomic E-state index is 12.9. The molecule has 2 aromatic rings. The number of aliphatic hydroxyl groups is 1. The molecule has 1 unspecified atom stereocenters. The molecule has 0 saturated carbocycles. The standard InChI is InChI=1S/C22H20ClNO6/c1-2-3-8-24-19(12-4-6-15(25)14(23)9-12)18(21(27)22(24)28)20(26)13-5-7-16-17(10-13)30-11-29-16/h4-7,9-10,19,25-26H,2-3,8,11H2,1H3/b20-18-. The highest BCUT2D eigenvalue weighted by molar-refractivity contribution is 6.46. The third kappa shape index (κ3) is 3.35. The summed E-state index contributed by atoms with van der Waals surface area (Å²) in [5.41, 5.74) is 0.828. The van der Waals surface area contributed by atoms with Crippen LogP contribution in [0.4, 0.5) is 0 Å². The van der Waals surface area contributed by atoms with Gasteiger partial charge in [-0.2, -0.15) is 0 Å². The molecule has 2 aliphatic rings. The number of ether oxygens (including phenoxy) is 2. The summed E-state index contributed by atoms with van der Waals surface area (Å²) < 4.78 is 10.6. The highest BCUT2D eigenvalue weighted by Gasteiger charge is 2.46. The lowest BCUT2D eigenvalue weighted by atomic mass is 9.95. The van der Waals surface area contributed by atoms with E-state index >= 15 is 0 Å². The van der Waals surface area contributed by atoms with Gasteiger partial charge < -0.3 is 24.6 Å². The van der Waals surface area contributed by atoms with Gasteiger partial charge in [-0.1, -0.05) is 31.0 Å². The number of ketones is 1. The predicted molar refractivity (Wildman–Crippen MR) is 110 cm³/mol. The number of amides is 1. The lowest BCUT2D eigenvalue weighted by Gasteiger charge is -2.25. The summed E-state index contributed by atoms with van der Waals surface area (Å²) in [6.07, 6.45) is 1.52. The fraction of sp³-hybridized carbons (Fsp3) is 0.273. The Morgan fingerprint density at radius 1 is 1.17 bits per heavy atom. The monoisotopic (exact) mass is 429 g/mol. The number of phenols is 1. The molecule has 2 aromatic carbocycles. The molecule has 2 aliphatic heterocycles. The molecule has 1 amide bonds. The van der Waals surface area contributed by atoms with Gasteiger partial charge in [-0.05, 0) is 42.3 Å². The average Bonchev–Trinajstić information content (AvgIpc) is 3.30. The van der Waals surface area contributed by atoms with Crippen LogP contribution in [0, 0.1) is 0 Å². The summed E-state index contributed by atoms with van der Waals surface area (Å²) in [6, 6.07) is 8.47. The Morgan fingerprint density at radius 3 is 2.67 bits per heavy atom. The summed E-state index contributed by atoms with van der Waals surface area (Å²) in [5, 5.41) is 20.9. The van der Waals surface area contributed by atoms with Crippen LogP contribution in [-0.4, -0.2) is 40.1 Å². The van der Waals surface area contributed by atoms with Gasteiger partial charge in [0.25, 0.3) is 11.7 Å². The Balaban J connectivity index is 1.86. The number of carbonyl (C=O) groups excluding carboxylic acids is 2. The quantitative estimate of drug-likeness (QED) is 0.423. The van der Waals surface area contributed by atoms with Crippen molar-refractivity contribution in [1.82, 2.24) is 4.90 Å². The van der Waals surface area contributed by atoms with Gasteiger partial charge in [0.05, 0.1) is 16.6 Å². The Bertz CT molecular complexity index is 1060. The number of rotatable bonds is 5. The number of nitrogens with zero attached hydrogens (tertiary/aromatic N) is 1. The SMILES string of the molecule is CCCCN1C(=O)C(=O)/C(=C(\O)c2ccc3c(c2)OCO3)C1c1ccc(O)c(Cl)c1. The van der Waals surface area contributed by atoms with Crippen LogP contribution in [0.5, 0.6) is 17.2 Å². The molecule has 7 nitrogen and oxygen atoms in total. The van der Waals surface area contributed by atoms with E-state index in [1.165, 1.54) is 17.0 Å². The van der Waals surface area contributed by atoms with E-state index in [0.717, 1.165) is 6.42 Å². The second-order valence-electron chi connectivity index (χ2n) is 7.12. The fourth-order valence-electron chi connectivity index (χ4n) is 3.68. The van der Waals surface area contributed by atoms with Crippen LogP contribution in [-0.2, 0) is 9.59 Å². The Kier molecular flexibility index (Phi) is 5.30. The summed E-state index contributed by atoms with van der Waals surface area (Å²) in [4.78, 5) is 27.1. The van der Waals surface area contributed by atoms with Gasteiger partial charge in [-0.3, -0.25) is 9.59 Å². The van der Waals surface area contributed by atoms with E-state index in [0.29, 0.717) is 35.6 Å². The number of benzene rings is 2. The molecule has 0 bridgehead atoms. The molecule has 1 atom stereocenters. The lowest BCUT2D eigenvalue weighted by molar-refractivity contribution is -0.139. The summed E-state index contributed by atoms with van der Waals surface area (Å²) >= 11 is 6.08. The Hall–Kier alpha value is -3.19. The van der Waals surface area contributed by atoms with Crippen molar-refractivity contribution >= 4 is 29.1 Å². The number of carbonyl (C=O) groups is 2. The fourth-order valence-corrected chi connectivity index (χ4v) is 3.87. The normalized spacial score (nSPS) is 19.5. The maximum absolute atomic E-state index is 12.9. The first-order chi connectivity index (χ1) is 14.4. The van der Waals surface area contributed by atoms with E-state index in [1.54, 1.807) is 24.3 Å². The van der Waals surface area contributed by atoms with Crippen molar-refractivity contribution in [1.29, 1.82) is 0 Å². The minimum absolute atomic E-state index is 0.0308. The van der Waals surface area contributed by atoms with Gasteiger partial charge in [-0.25, -0.2) is 0 Å². The van der Waals surface area contributed by atoms with Crippen molar-refractivity contribution in [2.45, 2.75) is 25.8 Å².